The van der Waals surface area contributed by atoms with Crippen LogP contribution < -0.4 is 10.9 Å². The number of fused-ring (bicyclic) bond motifs is 3. The van der Waals surface area contributed by atoms with Crippen LogP contribution in [0.2, 0.25) is 0 Å². The SMILES string of the molecule is CCCn1c(=O)c2ccccc2n2c(SCC(=O)Nc3ccc(C)cc3)nnc12. The fraction of sp³-hybridized carbons (Fsp3) is 0.238. The number of thioether (sulfide) groups is 1. The lowest BCUT2D eigenvalue weighted by molar-refractivity contribution is -0.113. The summed E-state index contributed by atoms with van der Waals surface area (Å²) < 4.78 is 3.50. The molecule has 0 atom stereocenters. The third-order valence-electron chi connectivity index (χ3n) is 4.59. The van der Waals surface area contributed by atoms with Crippen LogP contribution in [-0.4, -0.2) is 30.8 Å². The lowest BCUT2D eigenvalue weighted by Gasteiger charge is -2.10. The second kappa shape index (κ2) is 8.08. The number of amides is 1. The molecule has 0 saturated heterocycles. The maximum absolute atomic E-state index is 12.8. The number of aromatic nitrogens is 4. The minimum Gasteiger partial charge on any atom is -0.325 e. The van der Waals surface area contributed by atoms with Crippen LogP contribution in [0.3, 0.4) is 0 Å². The van der Waals surface area contributed by atoms with Crippen molar-refractivity contribution in [3.05, 3.63) is 64.4 Å². The molecule has 0 saturated carbocycles. The van der Waals surface area contributed by atoms with E-state index in [1.54, 1.807) is 4.57 Å². The number of para-hydroxylation sites is 1. The van der Waals surface area contributed by atoms with Gasteiger partial charge in [-0.1, -0.05) is 48.5 Å². The molecule has 0 fully saturated rings. The van der Waals surface area contributed by atoms with Gasteiger partial charge >= 0.3 is 0 Å². The Bertz CT molecular complexity index is 1240. The van der Waals surface area contributed by atoms with E-state index in [0.29, 0.717) is 22.9 Å². The molecule has 8 heteroatoms. The second-order valence-corrected chi connectivity index (χ2v) is 7.74. The molecule has 2 aromatic carbocycles. The molecule has 0 spiro atoms. The maximum Gasteiger partial charge on any atom is 0.262 e. The summed E-state index contributed by atoms with van der Waals surface area (Å²) in [6, 6.07) is 15.1. The maximum atomic E-state index is 12.8. The van der Waals surface area contributed by atoms with Gasteiger partial charge in [-0.15, -0.1) is 10.2 Å². The molecule has 0 aliphatic rings. The van der Waals surface area contributed by atoms with E-state index in [4.69, 9.17) is 0 Å². The van der Waals surface area contributed by atoms with Gasteiger partial charge in [-0.3, -0.25) is 18.6 Å². The Balaban J connectivity index is 1.65. The van der Waals surface area contributed by atoms with Crippen molar-refractivity contribution in [3.63, 3.8) is 0 Å². The van der Waals surface area contributed by atoms with Crippen molar-refractivity contribution in [2.45, 2.75) is 32.0 Å². The van der Waals surface area contributed by atoms with Gasteiger partial charge in [-0.2, -0.15) is 0 Å². The van der Waals surface area contributed by atoms with Gasteiger partial charge in [-0.05, 0) is 37.6 Å². The molecular weight excluding hydrogens is 386 g/mol. The molecule has 4 aromatic rings. The number of aryl methyl sites for hydroxylation is 2. The molecule has 4 rings (SSSR count). The monoisotopic (exact) mass is 407 g/mol. The third-order valence-corrected chi connectivity index (χ3v) is 5.52. The molecule has 148 valence electrons. The molecule has 2 aromatic heterocycles. The molecule has 29 heavy (non-hydrogen) atoms. The summed E-state index contributed by atoms with van der Waals surface area (Å²) in [4.78, 5) is 25.2. The number of nitrogens with one attached hydrogen (secondary N) is 1. The molecule has 0 aliphatic carbocycles. The summed E-state index contributed by atoms with van der Waals surface area (Å²) in [7, 11) is 0. The predicted molar refractivity (Wildman–Crippen MR) is 116 cm³/mol. The van der Waals surface area contributed by atoms with Crippen LogP contribution in [0, 0.1) is 6.92 Å². The van der Waals surface area contributed by atoms with E-state index < -0.39 is 0 Å². The number of carbonyl (C=O) groups excluding carboxylic acids is 1. The van der Waals surface area contributed by atoms with E-state index in [1.165, 1.54) is 11.8 Å². The Labute approximate surface area is 171 Å². The molecule has 0 aliphatic heterocycles. The number of benzene rings is 2. The second-order valence-electron chi connectivity index (χ2n) is 6.79. The van der Waals surface area contributed by atoms with Crippen LogP contribution in [0.1, 0.15) is 18.9 Å². The number of carbonyl (C=O) groups is 1. The lowest BCUT2D eigenvalue weighted by Crippen LogP contribution is -2.23. The van der Waals surface area contributed by atoms with Gasteiger partial charge in [0.25, 0.3) is 5.56 Å². The van der Waals surface area contributed by atoms with Gasteiger partial charge in [0.15, 0.2) is 5.16 Å². The average Bonchev–Trinajstić information content (AvgIpc) is 3.15. The minimum atomic E-state index is -0.123. The highest BCUT2D eigenvalue weighted by Gasteiger charge is 2.17. The highest BCUT2D eigenvalue weighted by molar-refractivity contribution is 7.99. The predicted octanol–water partition coefficient (Wildman–Crippen LogP) is 3.49. The van der Waals surface area contributed by atoms with Crippen LogP contribution >= 0.6 is 11.8 Å². The standard InChI is InChI=1S/C21H21N5O2S/c1-3-12-25-19(28)16-6-4-5-7-17(16)26-20(25)23-24-21(26)29-13-18(27)22-15-10-8-14(2)9-11-15/h4-11H,3,12-13H2,1-2H3,(H,22,27). The summed E-state index contributed by atoms with van der Waals surface area (Å²) in [5.41, 5.74) is 2.56. The molecule has 2 heterocycles. The summed E-state index contributed by atoms with van der Waals surface area (Å²) in [5.74, 6) is 0.564. The van der Waals surface area contributed by atoms with Crippen LogP contribution in [0.25, 0.3) is 16.7 Å². The van der Waals surface area contributed by atoms with Crippen molar-refractivity contribution in [3.8, 4) is 0 Å². The van der Waals surface area contributed by atoms with E-state index >= 15 is 0 Å². The lowest BCUT2D eigenvalue weighted by atomic mass is 10.2. The quantitative estimate of drug-likeness (QED) is 0.495. The van der Waals surface area contributed by atoms with Crippen LogP contribution in [-0.2, 0) is 11.3 Å². The number of rotatable bonds is 6. The summed E-state index contributed by atoms with van der Waals surface area (Å²) in [6.07, 6.45) is 0.808. The Hall–Kier alpha value is -3.13. The first-order chi connectivity index (χ1) is 14.1. The number of hydrogen-bond donors (Lipinski definition) is 1. The molecule has 7 nitrogen and oxygen atoms in total. The fourth-order valence-corrected chi connectivity index (χ4v) is 3.96. The zero-order valence-corrected chi connectivity index (χ0v) is 17.1. The average molecular weight is 407 g/mol. The zero-order chi connectivity index (χ0) is 20.4. The Morgan fingerprint density at radius 3 is 2.62 bits per heavy atom. The number of hydrogen-bond acceptors (Lipinski definition) is 5. The van der Waals surface area contributed by atoms with Gasteiger partial charge in [0.05, 0.1) is 16.7 Å². The van der Waals surface area contributed by atoms with Crippen molar-refractivity contribution in [2.75, 3.05) is 11.1 Å². The normalized spacial score (nSPS) is 11.2. The van der Waals surface area contributed by atoms with Crippen molar-refractivity contribution < 1.29 is 4.79 Å². The molecule has 1 N–H and O–H groups in total. The van der Waals surface area contributed by atoms with Crippen LogP contribution in [0.4, 0.5) is 5.69 Å². The highest BCUT2D eigenvalue weighted by Crippen LogP contribution is 2.22. The van der Waals surface area contributed by atoms with E-state index in [9.17, 15) is 9.59 Å². The summed E-state index contributed by atoms with van der Waals surface area (Å²) in [5, 5.41) is 12.6. The first kappa shape index (κ1) is 19.2. The highest BCUT2D eigenvalue weighted by atomic mass is 32.2. The van der Waals surface area contributed by atoms with E-state index in [2.05, 4.69) is 15.5 Å². The van der Waals surface area contributed by atoms with Crippen LogP contribution in [0.5, 0.6) is 0 Å². The molecular formula is C21H21N5O2S. The van der Waals surface area contributed by atoms with Gasteiger partial charge < -0.3 is 5.32 Å². The summed E-state index contributed by atoms with van der Waals surface area (Å²) >= 11 is 1.30. The Kier molecular flexibility index (Phi) is 5.35. The van der Waals surface area contributed by atoms with Gasteiger partial charge in [0.1, 0.15) is 0 Å². The summed E-state index contributed by atoms with van der Waals surface area (Å²) in [6.45, 7) is 4.57. The van der Waals surface area contributed by atoms with Gasteiger partial charge in [0, 0.05) is 12.2 Å². The molecule has 1 amide bonds. The molecule has 0 radical (unpaired) electrons. The fourth-order valence-electron chi connectivity index (χ4n) is 3.22. The third kappa shape index (κ3) is 3.75. The molecule has 0 unspecified atom stereocenters. The topological polar surface area (TPSA) is 81.3 Å². The van der Waals surface area contributed by atoms with E-state index in [0.717, 1.165) is 23.2 Å². The minimum absolute atomic E-state index is 0.0731. The molecule has 0 bridgehead atoms. The number of nitrogens with zero attached hydrogens (tertiary/aromatic N) is 4. The Morgan fingerprint density at radius 1 is 1.10 bits per heavy atom. The van der Waals surface area contributed by atoms with Crippen molar-refractivity contribution in [2.24, 2.45) is 0 Å². The van der Waals surface area contributed by atoms with Gasteiger partial charge in [-0.25, -0.2) is 0 Å². The Morgan fingerprint density at radius 2 is 1.86 bits per heavy atom. The van der Waals surface area contributed by atoms with Crippen molar-refractivity contribution >= 4 is 40.0 Å². The first-order valence-electron chi connectivity index (χ1n) is 9.44. The zero-order valence-electron chi connectivity index (χ0n) is 16.3. The van der Waals surface area contributed by atoms with Gasteiger partial charge in [0.2, 0.25) is 11.7 Å². The van der Waals surface area contributed by atoms with E-state index in [1.807, 2.05) is 66.8 Å². The number of anilines is 1. The van der Waals surface area contributed by atoms with Crippen molar-refractivity contribution in [1.82, 2.24) is 19.2 Å². The van der Waals surface area contributed by atoms with E-state index in [-0.39, 0.29) is 17.2 Å². The van der Waals surface area contributed by atoms with Crippen LogP contribution in [0.15, 0.2) is 58.5 Å². The largest absolute Gasteiger partial charge is 0.325 e. The smallest absolute Gasteiger partial charge is 0.262 e. The van der Waals surface area contributed by atoms with Crippen molar-refractivity contribution in [1.29, 1.82) is 0 Å². The first-order valence-corrected chi connectivity index (χ1v) is 10.4.